The Morgan fingerprint density at radius 3 is 2.35 bits per heavy atom. The minimum atomic E-state index is 0.0837. The molecule has 1 heterocycles. The van der Waals surface area contributed by atoms with Gasteiger partial charge in [-0.25, -0.2) is 0 Å². The number of carbonyl (C=O) groups excluding carboxylic acids is 1. The van der Waals surface area contributed by atoms with Crippen LogP contribution in [0, 0.1) is 0 Å². The number of hydrogen-bond donors (Lipinski definition) is 1. The van der Waals surface area contributed by atoms with E-state index in [1.165, 1.54) is 32.1 Å². The van der Waals surface area contributed by atoms with Crippen molar-refractivity contribution in [2.24, 2.45) is 0 Å². The van der Waals surface area contributed by atoms with Gasteiger partial charge < -0.3 is 14.8 Å². The molecule has 1 aromatic rings. The molecule has 0 radical (unpaired) electrons. The summed E-state index contributed by atoms with van der Waals surface area (Å²) >= 11 is 0. The first-order chi connectivity index (χ1) is 11.2. The van der Waals surface area contributed by atoms with Gasteiger partial charge in [0.25, 0.3) is 0 Å². The van der Waals surface area contributed by atoms with E-state index < -0.39 is 0 Å². The maximum atomic E-state index is 12.2. The van der Waals surface area contributed by atoms with E-state index in [4.69, 9.17) is 9.47 Å². The first-order valence-electron chi connectivity index (χ1n) is 8.43. The topological polar surface area (TPSA) is 50.8 Å². The Labute approximate surface area is 139 Å². The molecule has 0 aliphatic carbocycles. The highest BCUT2D eigenvalue weighted by atomic mass is 16.5. The van der Waals surface area contributed by atoms with Crippen molar-refractivity contribution in [1.82, 2.24) is 10.2 Å². The van der Waals surface area contributed by atoms with Crippen molar-refractivity contribution in [3.63, 3.8) is 0 Å². The number of nitrogens with zero attached hydrogens (tertiary/aromatic N) is 1. The number of likely N-dealkylation sites (tertiary alicyclic amines) is 1. The fourth-order valence-electron chi connectivity index (χ4n) is 2.92. The second kappa shape index (κ2) is 9.40. The Hall–Kier alpha value is -1.75. The first kappa shape index (κ1) is 17.6. The molecule has 0 saturated carbocycles. The molecule has 2 rings (SSSR count). The summed E-state index contributed by atoms with van der Waals surface area (Å²) in [6.07, 6.45) is 6.29. The number of methoxy groups -OCH3 is 2. The van der Waals surface area contributed by atoms with Crippen LogP contribution >= 0.6 is 0 Å². The second-order valence-corrected chi connectivity index (χ2v) is 6.01. The zero-order valence-electron chi connectivity index (χ0n) is 14.3. The quantitative estimate of drug-likeness (QED) is 0.875. The molecule has 1 aliphatic rings. The Kier molecular flexibility index (Phi) is 7.20. The molecule has 1 aliphatic heterocycles. The van der Waals surface area contributed by atoms with Gasteiger partial charge in [0, 0.05) is 6.54 Å². The van der Waals surface area contributed by atoms with Crippen LogP contribution < -0.4 is 14.8 Å². The highest BCUT2D eigenvalue weighted by Gasteiger charge is 2.12. The molecule has 1 aromatic carbocycles. The van der Waals surface area contributed by atoms with Gasteiger partial charge in [0.2, 0.25) is 5.91 Å². The van der Waals surface area contributed by atoms with Gasteiger partial charge in [0.05, 0.1) is 20.8 Å². The third-order valence-corrected chi connectivity index (χ3v) is 4.25. The number of ether oxygens (including phenoxy) is 2. The zero-order valence-corrected chi connectivity index (χ0v) is 14.3. The van der Waals surface area contributed by atoms with Crippen molar-refractivity contribution in [1.29, 1.82) is 0 Å². The lowest BCUT2D eigenvalue weighted by Crippen LogP contribution is -2.38. The number of nitrogens with one attached hydrogen (secondary N) is 1. The van der Waals surface area contributed by atoms with E-state index in [1.807, 2.05) is 18.2 Å². The van der Waals surface area contributed by atoms with Crippen LogP contribution in [0.2, 0.25) is 0 Å². The zero-order chi connectivity index (χ0) is 16.5. The van der Waals surface area contributed by atoms with Crippen molar-refractivity contribution in [3.8, 4) is 11.5 Å². The van der Waals surface area contributed by atoms with Crippen molar-refractivity contribution in [2.75, 3.05) is 33.9 Å². The lowest BCUT2D eigenvalue weighted by molar-refractivity contribution is -0.122. The summed E-state index contributed by atoms with van der Waals surface area (Å²) in [6, 6.07) is 5.70. The van der Waals surface area contributed by atoms with Crippen LogP contribution in [-0.4, -0.2) is 44.7 Å². The summed E-state index contributed by atoms with van der Waals surface area (Å²) in [4.78, 5) is 14.4. The van der Waals surface area contributed by atoms with Crippen molar-refractivity contribution >= 4 is 5.91 Å². The van der Waals surface area contributed by atoms with E-state index >= 15 is 0 Å². The van der Waals surface area contributed by atoms with Gasteiger partial charge in [-0.3, -0.25) is 9.69 Å². The third kappa shape index (κ3) is 5.75. The maximum absolute atomic E-state index is 12.2. The largest absolute Gasteiger partial charge is 0.493 e. The van der Waals surface area contributed by atoms with Crippen LogP contribution in [0.15, 0.2) is 18.2 Å². The molecule has 1 saturated heterocycles. The molecule has 1 amide bonds. The lowest BCUT2D eigenvalue weighted by atomic mass is 10.1. The average molecular weight is 320 g/mol. The van der Waals surface area contributed by atoms with Gasteiger partial charge in [0.15, 0.2) is 11.5 Å². The highest BCUT2D eigenvalue weighted by molar-refractivity contribution is 5.78. The molecule has 0 bridgehead atoms. The van der Waals surface area contributed by atoms with Crippen LogP contribution in [0.25, 0.3) is 0 Å². The Morgan fingerprint density at radius 1 is 1.04 bits per heavy atom. The second-order valence-electron chi connectivity index (χ2n) is 6.01. The Bertz CT molecular complexity index is 497. The lowest BCUT2D eigenvalue weighted by Gasteiger charge is -2.23. The number of amides is 1. The molecule has 23 heavy (non-hydrogen) atoms. The molecule has 5 nitrogen and oxygen atoms in total. The molecule has 0 unspecified atom stereocenters. The van der Waals surface area contributed by atoms with Gasteiger partial charge >= 0.3 is 0 Å². The Balaban J connectivity index is 1.81. The van der Waals surface area contributed by atoms with E-state index in [0.29, 0.717) is 24.6 Å². The summed E-state index contributed by atoms with van der Waals surface area (Å²) in [6.45, 7) is 3.06. The highest BCUT2D eigenvalue weighted by Crippen LogP contribution is 2.27. The maximum Gasteiger partial charge on any atom is 0.234 e. The van der Waals surface area contributed by atoms with E-state index in [1.54, 1.807) is 14.2 Å². The summed E-state index contributed by atoms with van der Waals surface area (Å²) in [7, 11) is 3.23. The molecule has 128 valence electrons. The van der Waals surface area contributed by atoms with E-state index in [0.717, 1.165) is 18.7 Å². The molecule has 1 N–H and O–H groups in total. The van der Waals surface area contributed by atoms with Gasteiger partial charge in [-0.15, -0.1) is 0 Å². The molecule has 0 atom stereocenters. The minimum Gasteiger partial charge on any atom is -0.493 e. The number of rotatable bonds is 6. The number of benzene rings is 1. The van der Waals surface area contributed by atoms with Crippen LogP contribution in [0.3, 0.4) is 0 Å². The number of hydrogen-bond acceptors (Lipinski definition) is 4. The number of carbonyl (C=O) groups is 1. The van der Waals surface area contributed by atoms with Crippen LogP contribution in [0.1, 0.15) is 37.7 Å². The summed E-state index contributed by atoms with van der Waals surface area (Å²) in [5.74, 6) is 1.46. The van der Waals surface area contributed by atoms with Crippen LogP contribution in [0.4, 0.5) is 0 Å². The standard InChI is InChI=1S/C18H28N2O3/c1-22-16-9-8-15(12-17(16)23-2)13-19-18(21)14-20-10-6-4-3-5-7-11-20/h8-9,12H,3-7,10-11,13-14H2,1-2H3,(H,19,21). The molecule has 1 fully saturated rings. The van der Waals surface area contributed by atoms with Gasteiger partial charge in [-0.1, -0.05) is 25.3 Å². The minimum absolute atomic E-state index is 0.0837. The van der Waals surface area contributed by atoms with Crippen molar-refractivity contribution in [3.05, 3.63) is 23.8 Å². The van der Waals surface area contributed by atoms with Crippen molar-refractivity contribution < 1.29 is 14.3 Å². The third-order valence-electron chi connectivity index (χ3n) is 4.25. The normalized spacial score (nSPS) is 16.3. The molecule has 0 spiro atoms. The smallest absolute Gasteiger partial charge is 0.234 e. The first-order valence-corrected chi connectivity index (χ1v) is 8.43. The van der Waals surface area contributed by atoms with Crippen LogP contribution in [-0.2, 0) is 11.3 Å². The van der Waals surface area contributed by atoms with Gasteiger partial charge in [-0.05, 0) is 43.6 Å². The Morgan fingerprint density at radius 2 is 1.70 bits per heavy atom. The SMILES string of the molecule is COc1ccc(CNC(=O)CN2CCCCCCC2)cc1OC. The fourth-order valence-corrected chi connectivity index (χ4v) is 2.92. The van der Waals surface area contributed by atoms with E-state index in [9.17, 15) is 4.79 Å². The molecule has 5 heteroatoms. The predicted octanol–water partition coefficient (Wildman–Crippen LogP) is 2.59. The van der Waals surface area contributed by atoms with Gasteiger partial charge in [-0.2, -0.15) is 0 Å². The molecule has 0 aromatic heterocycles. The summed E-state index contributed by atoms with van der Waals surface area (Å²) in [5.41, 5.74) is 1.00. The molecular weight excluding hydrogens is 292 g/mol. The van der Waals surface area contributed by atoms with E-state index in [-0.39, 0.29) is 5.91 Å². The monoisotopic (exact) mass is 320 g/mol. The summed E-state index contributed by atoms with van der Waals surface area (Å²) in [5, 5.41) is 2.99. The van der Waals surface area contributed by atoms with Crippen LogP contribution in [0.5, 0.6) is 11.5 Å². The predicted molar refractivity (Wildman–Crippen MR) is 90.9 cm³/mol. The van der Waals surface area contributed by atoms with Gasteiger partial charge in [0.1, 0.15) is 0 Å². The average Bonchev–Trinajstić information content (AvgIpc) is 2.55. The molecular formula is C18H28N2O3. The van der Waals surface area contributed by atoms with E-state index in [2.05, 4.69) is 10.2 Å². The summed E-state index contributed by atoms with van der Waals surface area (Å²) < 4.78 is 10.5. The fraction of sp³-hybridized carbons (Fsp3) is 0.611. The van der Waals surface area contributed by atoms with Crippen molar-refractivity contribution in [2.45, 2.75) is 38.6 Å².